The third-order valence-corrected chi connectivity index (χ3v) is 10.2. The van der Waals surface area contributed by atoms with Crippen molar-refractivity contribution in [2.75, 3.05) is 19.6 Å². The van der Waals surface area contributed by atoms with E-state index < -0.39 is 5.97 Å². The highest BCUT2D eigenvalue weighted by Crippen LogP contribution is 2.36. The van der Waals surface area contributed by atoms with Gasteiger partial charge in [0.1, 0.15) is 28.4 Å². The normalized spacial score (nSPS) is 13.1. The zero-order valence-corrected chi connectivity index (χ0v) is 39.2. The van der Waals surface area contributed by atoms with Crippen LogP contribution in [0.1, 0.15) is 79.9 Å². The number of carboxylic acids is 1. The summed E-state index contributed by atoms with van der Waals surface area (Å²) >= 11 is 6.38. The molecule has 1 saturated heterocycles. The second kappa shape index (κ2) is 23.6. The first-order valence-corrected chi connectivity index (χ1v) is 21.5. The smallest absolute Gasteiger partial charge is 0.477 e. The van der Waals surface area contributed by atoms with Crippen molar-refractivity contribution < 1.29 is 28.8 Å². The molecular formula is C44H51BBr2N10O6. The molecule has 7 N–H and O–H groups in total. The van der Waals surface area contributed by atoms with Crippen LogP contribution in [0, 0.1) is 0 Å². The van der Waals surface area contributed by atoms with E-state index in [1.54, 1.807) is 49.1 Å². The quantitative estimate of drug-likeness (QED) is 0.0861. The highest BCUT2D eigenvalue weighted by atomic mass is 79.9. The molecule has 7 aromatic rings. The predicted molar refractivity (Wildman–Crippen MR) is 253 cm³/mol. The Labute approximate surface area is 383 Å². The number of carboxylic acid groups (broad SMARTS) is 1. The highest BCUT2D eigenvalue weighted by molar-refractivity contribution is 9.10. The summed E-state index contributed by atoms with van der Waals surface area (Å²) in [5.74, 6) is -1.30. The Hall–Kier alpha value is -5.86. The maximum Gasteiger partial charge on any atom is 0.496 e. The summed E-state index contributed by atoms with van der Waals surface area (Å²) in [6.07, 6.45) is 12.1. The van der Waals surface area contributed by atoms with Crippen LogP contribution in [0.4, 0.5) is 0 Å². The van der Waals surface area contributed by atoms with E-state index in [0.717, 1.165) is 54.1 Å². The molecule has 0 aliphatic carbocycles. The SMILES string of the molecule is CC1(C)OB(c2cnc3[nH]ccc3c2)OC1(C)C.CCN.CCNC(=O)c1ccc(-c2cnc3[nH]ccc3c2)cn1.CCNC(=O)c1ccc(Br)cn1.O=C(O)c1ccc(Br)cn1. The van der Waals surface area contributed by atoms with Crippen LogP contribution in [-0.4, -0.2) is 95.7 Å². The van der Waals surface area contributed by atoms with E-state index in [-0.39, 0.29) is 35.8 Å². The van der Waals surface area contributed by atoms with E-state index in [2.05, 4.69) is 111 Å². The molecule has 0 aromatic carbocycles. The highest BCUT2D eigenvalue weighted by Gasteiger charge is 2.51. The van der Waals surface area contributed by atoms with Crippen molar-refractivity contribution in [3.05, 3.63) is 130 Å². The molecule has 1 aliphatic rings. The molecular weight excluding hydrogens is 935 g/mol. The van der Waals surface area contributed by atoms with Crippen molar-refractivity contribution in [1.29, 1.82) is 0 Å². The van der Waals surface area contributed by atoms with Crippen molar-refractivity contribution in [3.8, 4) is 11.1 Å². The topological polar surface area (TPSA) is 236 Å². The molecule has 0 atom stereocenters. The number of rotatable bonds is 7. The average molecular weight is 987 g/mol. The summed E-state index contributed by atoms with van der Waals surface area (Å²) in [7, 11) is -0.346. The molecule has 8 rings (SSSR count). The van der Waals surface area contributed by atoms with Gasteiger partial charge in [-0.25, -0.2) is 24.7 Å². The lowest BCUT2D eigenvalue weighted by Gasteiger charge is -2.32. The molecule has 19 heteroatoms. The Balaban J connectivity index is 0.000000187. The van der Waals surface area contributed by atoms with Crippen molar-refractivity contribution in [2.24, 2.45) is 5.73 Å². The number of amides is 2. The van der Waals surface area contributed by atoms with Crippen molar-refractivity contribution >= 4 is 84.3 Å². The number of aromatic nitrogens is 7. The minimum atomic E-state index is -1.01. The molecule has 0 spiro atoms. The number of pyridine rings is 5. The fraction of sp³-hybridized carbons (Fsp3) is 0.273. The minimum absolute atomic E-state index is 0.0585. The first-order valence-electron chi connectivity index (χ1n) is 19.9. The number of carbonyl (C=O) groups is 3. The van der Waals surface area contributed by atoms with E-state index in [9.17, 15) is 14.4 Å². The largest absolute Gasteiger partial charge is 0.496 e. The summed E-state index contributed by atoms with van der Waals surface area (Å²) in [5, 5.41) is 15.9. The summed E-state index contributed by atoms with van der Waals surface area (Å²) in [6, 6.07) is 18.2. The number of nitrogens with one attached hydrogen (secondary N) is 4. The Morgan fingerprint density at radius 3 is 1.54 bits per heavy atom. The van der Waals surface area contributed by atoms with Crippen LogP contribution in [-0.2, 0) is 9.31 Å². The van der Waals surface area contributed by atoms with Crippen LogP contribution >= 0.6 is 31.9 Å². The number of nitrogens with two attached hydrogens (primary N) is 1. The van der Waals surface area contributed by atoms with Crippen molar-refractivity contribution in [3.63, 3.8) is 0 Å². The van der Waals surface area contributed by atoms with Gasteiger partial charge in [0.2, 0.25) is 0 Å². The van der Waals surface area contributed by atoms with Gasteiger partial charge in [-0.3, -0.25) is 14.6 Å². The van der Waals surface area contributed by atoms with Crippen LogP contribution in [0.3, 0.4) is 0 Å². The lowest BCUT2D eigenvalue weighted by Crippen LogP contribution is -2.41. The monoisotopic (exact) mass is 984 g/mol. The zero-order valence-electron chi connectivity index (χ0n) is 36.1. The van der Waals surface area contributed by atoms with Crippen LogP contribution in [0.25, 0.3) is 33.2 Å². The Morgan fingerprint density at radius 1 is 0.651 bits per heavy atom. The number of hydrogen-bond donors (Lipinski definition) is 6. The van der Waals surface area contributed by atoms with Gasteiger partial charge in [0.05, 0.1) is 11.2 Å². The van der Waals surface area contributed by atoms with Crippen LogP contribution in [0.15, 0.2) is 113 Å². The number of halogens is 2. The summed E-state index contributed by atoms with van der Waals surface area (Å²) < 4.78 is 13.7. The van der Waals surface area contributed by atoms with Gasteiger partial charge in [-0.15, -0.1) is 0 Å². The molecule has 1 fully saturated rings. The van der Waals surface area contributed by atoms with Gasteiger partial charge in [0, 0.05) is 92.8 Å². The summed E-state index contributed by atoms with van der Waals surface area (Å²) in [6.45, 7) is 15.8. The van der Waals surface area contributed by atoms with Crippen LogP contribution < -0.4 is 21.8 Å². The molecule has 2 amide bonds. The second-order valence-corrected chi connectivity index (χ2v) is 16.3. The number of H-pyrrole nitrogens is 2. The minimum Gasteiger partial charge on any atom is -0.477 e. The fourth-order valence-electron chi connectivity index (χ4n) is 5.38. The number of carbonyl (C=O) groups excluding carboxylic acids is 2. The van der Waals surface area contributed by atoms with E-state index >= 15 is 0 Å². The summed E-state index contributed by atoms with van der Waals surface area (Å²) in [4.78, 5) is 59.6. The van der Waals surface area contributed by atoms with Gasteiger partial charge in [0.25, 0.3) is 11.8 Å². The number of hydrogen-bond acceptors (Lipinski definition) is 11. The van der Waals surface area contributed by atoms with E-state index in [0.29, 0.717) is 24.5 Å². The standard InChI is InChI=1S/C15H14N4O.C13H17BN2O2.C8H9BrN2O.C6H4BrNO2.C2H7N/c1-2-16-15(20)13-4-3-11(8-18-13)12-7-10-5-6-17-14(10)19-9-12;1-12(2)13(3,4)18-14(17-12)10-7-9-5-6-15-11(9)16-8-10;1-2-10-8(12)7-4-3-6(9)5-11-7;7-4-1-2-5(6(9)10)8-3-4;1-2-3/h3-9H,2H2,1H3,(H,16,20)(H,17,19);5-8H,1-4H3,(H,15,16);3-5H,2H2,1H3,(H,10,12);1-3H,(H,9,10);2-3H2,1H3. The first kappa shape index (κ1) is 49.8. The lowest BCUT2D eigenvalue weighted by molar-refractivity contribution is 0.00578. The fourth-order valence-corrected chi connectivity index (χ4v) is 5.85. The Morgan fingerprint density at radius 2 is 1.10 bits per heavy atom. The number of aromatic carboxylic acids is 1. The molecule has 0 unspecified atom stereocenters. The first-order chi connectivity index (χ1) is 30.0. The van der Waals surface area contributed by atoms with Gasteiger partial charge in [0.15, 0.2) is 0 Å². The molecule has 330 valence electrons. The lowest BCUT2D eigenvalue weighted by atomic mass is 9.80. The van der Waals surface area contributed by atoms with Gasteiger partial charge in [-0.1, -0.05) is 13.0 Å². The maximum absolute atomic E-state index is 11.6. The number of nitrogens with zero attached hydrogens (tertiary/aromatic N) is 5. The Bertz CT molecular complexity index is 2540. The van der Waals surface area contributed by atoms with Crippen LogP contribution in [0.5, 0.6) is 0 Å². The second-order valence-electron chi connectivity index (χ2n) is 14.5. The van der Waals surface area contributed by atoms with E-state index in [1.807, 2.05) is 57.4 Å². The van der Waals surface area contributed by atoms with E-state index in [1.165, 1.54) is 12.3 Å². The van der Waals surface area contributed by atoms with Gasteiger partial charge >= 0.3 is 13.1 Å². The maximum atomic E-state index is 11.6. The number of aromatic amines is 2. The van der Waals surface area contributed by atoms with Gasteiger partial charge in [-0.05, 0) is 135 Å². The summed E-state index contributed by atoms with van der Waals surface area (Å²) in [5.41, 5.74) is 9.77. The average Bonchev–Trinajstić information content (AvgIpc) is 3.99. The molecule has 16 nitrogen and oxygen atoms in total. The van der Waals surface area contributed by atoms with Gasteiger partial charge in [-0.2, -0.15) is 0 Å². The molecule has 7 aromatic heterocycles. The van der Waals surface area contributed by atoms with Crippen LogP contribution in [0.2, 0.25) is 0 Å². The molecule has 8 heterocycles. The van der Waals surface area contributed by atoms with Crippen molar-refractivity contribution in [2.45, 2.75) is 59.7 Å². The Kier molecular flexibility index (Phi) is 18.6. The zero-order chi connectivity index (χ0) is 46.2. The van der Waals surface area contributed by atoms with E-state index in [4.69, 9.17) is 20.1 Å². The van der Waals surface area contributed by atoms with Crippen molar-refractivity contribution in [1.82, 2.24) is 45.5 Å². The molecule has 63 heavy (non-hydrogen) atoms. The number of fused-ring (bicyclic) bond motifs is 2. The molecule has 0 bridgehead atoms. The molecule has 0 saturated carbocycles. The predicted octanol–water partition coefficient (Wildman–Crippen LogP) is 7.34. The third kappa shape index (κ3) is 14.3. The van der Waals surface area contributed by atoms with Gasteiger partial charge < -0.3 is 40.8 Å². The molecule has 1 aliphatic heterocycles. The third-order valence-electron chi connectivity index (χ3n) is 9.26. The molecule has 0 radical (unpaired) electrons.